The molecule has 3 heterocycles. The van der Waals surface area contributed by atoms with E-state index in [1.54, 1.807) is 0 Å². The summed E-state index contributed by atoms with van der Waals surface area (Å²) in [7, 11) is 0. The van der Waals surface area contributed by atoms with Crippen molar-refractivity contribution in [2.75, 3.05) is 19.7 Å². The second-order valence-electron chi connectivity index (χ2n) is 3.55. The average molecular weight is 141 g/mol. The molecule has 1 atom stereocenters. The third-order valence-corrected chi connectivity index (χ3v) is 2.98. The predicted molar refractivity (Wildman–Crippen MR) is 39.8 cm³/mol. The highest BCUT2D eigenvalue weighted by atomic mass is 16.3. The fraction of sp³-hybridized carbons (Fsp3) is 1.00. The number of fused-ring (bicyclic) bond motifs is 3. The smallest absolute Gasteiger partial charge is 0.0586 e. The van der Waals surface area contributed by atoms with Crippen LogP contribution in [0.25, 0.3) is 0 Å². The van der Waals surface area contributed by atoms with E-state index in [9.17, 15) is 0 Å². The largest absolute Gasteiger partial charge is 0.395 e. The van der Waals surface area contributed by atoms with Gasteiger partial charge in [0.25, 0.3) is 0 Å². The van der Waals surface area contributed by atoms with E-state index in [0.717, 1.165) is 5.92 Å². The summed E-state index contributed by atoms with van der Waals surface area (Å²) in [6.07, 6.45) is 3.99. The molecule has 0 radical (unpaired) electrons. The van der Waals surface area contributed by atoms with Crippen molar-refractivity contribution < 1.29 is 5.11 Å². The Bertz CT molecular complexity index is 118. The van der Waals surface area contributed by atoms with Crippen LogP contribution in [0.3, 0.4) is 0 Å². The van der Waals surface area contributed by atoms with Gasteiger partial charge in [-0.15, -0.1) is 0 Å². The van der Waals surface area contributed by atoms with Gasteiger partial charge >= 0.3 is 0 Å². The van der Waals surface area contributed by atoms with Gasteiger partial charge < -0.3 is 5.11 Å². The van der Waals surface area contributed by atoms with Gasteiger partial charge in [-0.1, -0.05) is 0 Å². The second-order valence-corrected chi connectivity index (χ2v) is 3.55. The van der Waals surface area contributed by atoms with Crippen molar-refractivity contribution in [3.8, 4) is 0 Å². The highest BCUT2D eigenvalue weighted by molar-refractivity contribution is 4.86. The van der Waals surface area contributed by atoms with Crippen LogP contribution in [0.1, 0.15) is 19.3 Å². The topological polar surface area (TPSA) is 23.5 Å². The van der Waals surface area contributed by atoms with Crippen LogP contribution in [-0.2, 0) is 0 Å². The predicted octanol–water partition coefficient (Wildman–Crippen LogP) is 0.463. The van der Waals surface area contributed by atoms with E-state index in [4.69, 9.17) is 5.11 Å². The summed E-state index contributed by atoms with van der Waals surface area (Å²) in [6, 6.07) is 0.507. The van der Waals surface area contributed by atoms with Gasteiger partial charge in [0.05, 0.1) is 6.61 Å². The number of aliphatic hydroxyl groups is 1. The number of piperidine rings is 3. The average Bonchev–Trinajstić information content (AvgIpc) is 2.06. The van der Waals surface area contributed by atoms with E-state index >= 15 is 0 Å². The first-order valence-corrected chi connectivity index (χ1v) is 4.25. The molecule has 0 aromatic heterocycles. The Hall–Kier alpha value is -0.0800. The Labute approximate surface area is 61.8 Å². The normalized spacial score (nSPS) is 45.9. The molecule has 0 saturated carbocycles. The molecule has 58 valence electrons. The van der Waals surface area contributed by atoms with Crippen molar-refractivity contribution >= 4 is 0 Å². The number of hydrogen-bond donors (Lipinski definition) is 1. The molecule has 2 bridgehead atoms. The minimum atomic E-state index is 0.372. The van der Waals surface area contributed by atoms with Crippen LogP contribution in [0.2, 0.25) is 0 Å². The maximum atomic E-state index is 8.97. The lowest BCUT2D eigenvalue weighted by Crippen LogP contribution is -2.50. The fourth-order valence-electron chi connectivity index (χ4n) is 2.28. The Kier molecular flexibility index (Phi) is 1.66. The first-order valence-electron chi connectivity index (χ1n) is 4.25. The van der Waals surface area contributed by atoms with Crippen LogP contribution < -0.4 is 0 Å². The van der Waals surface area contributed by atoms with Crippen LogP contribution in [0.5, 0.6) is 0 Å². The zero-order chi connectivity index (χ0) is 6.97. The summed E-state index contributed by atoms with van der Waals surface area (Å²) < 4.78 is 0. The SMILES string of the molecule is OC[C@@H]1CC2CCN1CC2. The van der Waals surface area contributed by atoms with Crippen LogP contribution in [-0.4, -0.2) is 35.7 Å². The number of nitrogens with zero attached hydrogens (tertiary/aromatic N) is 1. The molecule has 2 heteroatoms. The highest BCUT2D eigenvalue weighted by Gasteiger charge is 2.32. The Morgan fingerprint density at radius 1 is 1.30 bits per heavy atom. The van der Waals surface area contributed by atoms with Gasteiger partial charge in [-0.3, -0.25) is 4.90 Å². The number of rotatable bonds is 1. The molecular formula is C8H15NO. The molecule has 0 aromatic carbocycles. The van der Waals surface area contributed by atoms with E-state index in [0.29, 0.717) is 12.6 Å². The van der Waals surface area contributed by atoms with Crippen LogP contribution in [0, 0.1) is 5.92 Å². The summed E-state index contributed by atoms with van der Waals surface area (Å²) in [4.78, 5) is 2.43. The molecule has 10 heavy (non-hydrogen) atoms. The summed E-state index contributed by atoms with van der Waals surface area (Å²) in [5.41, 5.74) is 0. The van der Waals surface area contributed by atoms with Crippen molar-refractivity contribution in [2.24, 2.45) is 5.92 Å². The van der Waals surface area contributed by atoms with Crippen molar-refractivity contribution in [1.29, 1.82) is 0 Å². The molecule has 0 spiro atoms. The maximum absolute atomic E-state index is 8.97. The van der Waals surface area contributed by atoms with E-state index in [1.807, 2.05) is 0 Å². The van der Waals surface area contributed by atoms with Crippen molar-refractivity contribution in [3.63, 3.8) is 0 Å². The molecule has 0 aromatic rings. The Balaban J connectivity index is 2.01. The molecule has 1 N–H and O–H groups in total. The summed E-state index contributed by atoms with van der Waals surface area (Å²) in [5, 5.41) is 8.97. The Morgan fingerprint density at radius 3 is 2.30 bits per heavy atom. The van der Waals surface area contributed by atoms with Gasteiger partial charge in [-0.2, -0.15) is 0 Å². The molecular weight excluding hydrogens is 126 g/mol. The highest BCUT2D eigenvalue weighted by Crippen LogP contribution is 2.31. The number of hydrogen-bond acceptors (Lipinski definition) is 2. The molecule has 0 aliphatic carbocycles. The summed E-state index contributed by atoms with van der Waals surface area (Å²) >= 11 is 0. The standard InChI is InChI=1S/C8H15NO/c10-6-8-5-7-1-3-9(8)4-2-7/h7-8,10H,1-6H2/t8-/m0/s1. The van der Waals surface area contributed by atoms with Gasteiger partial charge in [0, 0.05) is 6.04 Å². The van der Waals surface area contributed by atoms with E-state index < -0.39 is 0 Å². The molecule has 0 unspecified atom stereocenters. The first-order chi connectivity index (χ1) is 4.90. The van der Waals surface area contributed by atoms with Crippen LogP contribution in [0.4, 0.5) is 0 Å². The Morgan fingerprint density at radius 2 is 2.00 bits per heavy atom. The monoisotopic (exact) mass is 141 g/mol. The van der Waals surface area contributed by atoms with Crippen molar-refractivity contribution in [2.45, 2.75) is 25.3 Å². The third-order valence-electron chi connectivity index (χ3n) is 2.98. The first kappa shape index (κ1) is 6.62. The molecule has 0 amide bonds. The van der Waals surface area contributed by atoms with E-state index in [2.05, 4.69) is 4.90 Å². The number of aliphatic hydroxyl groups excluding tert-OH is 1. The minimum absolute atomic E-state index is 0.372. The molecule has 3 aliphatic heterocycles. The summed E-state index contributed by atoms with van der Waals surface area (Å²) in [5.74, 6) is 0.933. The lowest BCUT2D eigenvalue weighted by molar-refractivity contribution is 0.0180. The zero-order valence-corrected chi connectivity index (χ0v) is 6.29. The zero-order valence-electron chi connectivity index (χ0n) is 6.29. The summed E-state index contributed by atoms with van der Waals surface area (Å²) in [6.45, 7) is 2.84. The lowest BCUT2D eigenvalue weighted by Gasteiger charge is -2.44. The molecule has 2 nitrogen and oxygen atoms in total. The van der Waals surface area contributed by atoms with Gasteiger partial charge in [0.15, 0.2) is 0 Å². The second kappa shape index (κ2) is 2.51. The molecule has 3 rings (SSSR count). The maximum Gasteiger partial charge on any atom is 0.0586 e. The van der Waals surface area contributed by atoms with Crippen molar-refractivity contribution in [3.05, 3.63) is 0 Å². The van der Waals surface area contributed by atoms with Crippen LogP contribution >= 0.6 is 0 Å². The third kappa shape index (κ3) is 0.956. The van der Waals surface area contributed by atoms with Gasteiger partial charge in [-0.25, -0.2) is 0 Å². The van der Waals surface area contributed by atoms with Gasteiger partial charge in [0.2, 0.25) is 0 Å². The molecule has 3 saturated heterocycles. The van der Waals surface area contributed by atoms with E-state index in [-0.39, 0.29) is 0 Å². The van der Waals surface area contributed by atoms with Crippen molar-refractivity contribution in [1.82, 2.24) is 4.90 Å². The minimum Gasteiger partial charge on any atom is -0.395 e. The fourth-order valence-corrected chi connectivity index (χ4v) is 2.28. The molecule has 3 fully saturated rings. The van der Waals surface area contributed by atoms with Crippen LogP contribution in [0.15, 0.2) is 0 Å². The lowest BCUT2D eigenvalue weighted by atomic mass is 9.84. The quantitative estimate of drug-likeness (QED) is 0.573. The van der Waals surface area contributed by atoms with Gasteiger partial charge in [0.1, 0.15) is 0 Å². The van der Waals surface area contributed by atoms with E-state index in [1.165, 1.54) is 32.4 Å². The molecule has 3 aliphatic rings. The van der Waals surface area contributed by atoms with Gasteiger partial charge in [-0.05, 0) is 38.3 Å².